The number of rotatable bonds is 33. The van der Waals surface area contributed by atoms with Crippen LogP contribution in [-0.2, 0) is 9.59 Å². The SMILES string of the molecule is CCCCCCCCCCCCCCCCCC(=O)C(CCCCCCCCCCCCCCCC)C(=O)Cl. The average molecular weight is 569 g/mol. The summed E-state index contributed by atoms with van der Waals surface area (Å²) in [7, 11) is 0. The lowest BCUT2D eigenvalue weighted by atomic mass is 9.93. The van der Waals surface area contributed by atoms with Crippen LogP contribution in [0.25, 0.3) is 0 Å². The molecule has 0 rings (SSSR count). The molecule has 232 valence electrons. The van der Waals surface area contributed by atoms with Crippen LogP contribution in [0.15, 0.2) is 0 Å². The molecule has 0 N–H and O–H groups in total. The molecule has 0 saturated heterocycles. The van der Waals surface area contributed by atoms with Crippen LogP contribution in [0.2, 0.25) is 0 Å². The van der Waals surface area contributed by atoms with Gasteiger partial charge in [0.05, 0.1) is 5.92 Å². The van der Waals surface area contributed by atoms with Gasteiger partial charge in [-0.15, -0.1) is 0 Å². The van der Waals surface area contributed by atoms with Crippen LogP contribution in [0, 0.1) is 5.92 Å². The van der Waals surface area contributed by atoms with Gasteiger partial charge in [0, 0.05) is 6.42 Å². The lowest BCUT2D eigenvalue weighted by Gasteiger charge is -2.11. The first-order valence-electron chi connectivity index (χ1n) is 17.9. The Balaban J connectivity index is 3.53. The van der Waals surface area contributed by atoms with Crippen molar-refractivity contribution in [2.75, 3.05) is 0 Å². The second kappa shape index (κ2) is 32.1. The summed E-state index contributed by atoms with van der Waals surface area (Å²) in [6.07, 6.45) is 39.4. The van der Waals surface area contributed by atoms with Crippen molar-refractivity contribution < 1.29 is 9.59 Å². The number of hydrogen-bond donors (Lipinski definition) is 0. The topological polar surface area (TPSA) is 34.1 Å². The summed E-state index contributed by atoms with van der Waals surface area (Å²) in [6.45, 7) is 4.55. The fourth-order valence-electron chi connectivity index (χ4n) is 5.79. The molecule has 0 spiro atoms. The maximum absolute atomic E-state index is 12.6. The number of Topliss-reactive ketones (excluding diaryl/α,β-unsaturated/α-hetero) is 1. The lowest BCUT2D eigenvalue weighted by Crippen LogP contribution is -2.20. The average Bonchev–Trinajstić information content (AvgIpc) is 2.92. The Morgan fingerprint density at radius 3 is 0.949 bits per heavy atom. The first-order valence-corrected chi connectivity index (χ1v) is 18.2. The maximum atomic E-state index is 12.6. The highest BCUT2D eigenvalue weighted by molar-refractivity contribution is 6.65. The van der Waals surface area contributed by atoms with Gasteiger partial charge in [0.2, 0.25) is 5.24 Å². The molecule has 0 aromatic carbocycles. The van der Waals surface area contributed by atoms with Gasteiger partial charge in [0.15, 0.2) is 0 Å². The Morgan fingerprint density at radius 1 is 0.410 bits per heavy atom. The third-order valence-electron chi connectivity index (χ3n) is 8.54. The van der Waals surface area contributed by atoms with E-state index in [1.165, 1.54) is 161 Å². The summed E-state index contributed by atoms with van der Waals surface area (Å²) in [5.41, 5.74) is 0. The molecule has 0 aliphatic carbocycles. The highest BCUT2D eigenvalue weighted by Gasteiger charge is 2.23. The summed E-state index contributed by atoms with van der Waals surface area (Å²) in [5, 5.41) is -0.435. The predicted octanol–water partition coefficient (Wildman–Crippen LogP) is 13.1. The molecule has 0 aliphatic rings. The van der Waals surface area contributed by atoms with Crippen molar-refractivity contribution in [2.45, 2.75) is 213 Å². The first kappa shape index (κ1) is 38.6. The van der Waals surface area contributed by atoms with Gasteiger partial charge in [-0.3, -0.25) is 9.59 Å². The minimum Gasteiger partial charge on any atom is -0.299 e. The van der Waals surface area contributed by atoms with Gasteiger partial charge >= 0.3 is 0 Å². The number of halogens is 1. The standard InChI is InChI=1S/C36H69ClO2/c1-3-5-7-9-11-13-15-17-19-21-23-25-27-29-31-33-35(38)34(36(37)39)32-30-28-26-24-22-20-18-16-14-12-10-8-6-4-2/h34H,3-33H2,1-2H3. The van der Waals surface area contributed by atoms with Crippen LogP contribution >= 0.6 is 11.6 Å². The van der Waals surface area contributed by atoms with Crippen LogP contribution < -0.4 is 0 Å². The number of hydrogen-bond acceptors (Lipinski definition) is 2. The van der Waals surface area contributed by atoms with Crippen LogP contribution in [0.1, 0.15) is 213 Å². The molecule has 39 heavy (non-hydrogen) atoms. The van der Waals surface area contributed by atoms with Crippen LogP contribution in [0.4, 0.5) is 0 Å². The summed E-state index contributed by atoms with van der Waals surface area (Å²) < 4.78 is 0. The predicted molar refractivity (Wildman–Crippen MR) is 174 cm³/mol. The van der Waals surface area contributed by atoms with Gasteiger partial charge in [-0.2, -0.15) is 0 Å². The Kier molecular flexibility index (Phi) is 31.8. The van der Waals surface area contributed by atoms with E-state index in [-0.39, 0.29) is 5.78 Å². The zero-order chi connectivity index (χ0) is 28.7. The molecular weight excluding hydrogens is 500 g/mol. The van der Waals surface area contributed by atoms with Crippen molar-refractivity contribution in [1.82, 2.24) is 0 Å². The molecule has 1 unspecified atom stereocenters. The molecule has 1 atom stereocenters. The van der Waals surface area contributed by atoms with Crippen molar-refractivity contribution in [3.63, 3.8) is 0 Å². The van der Waals surface area contributed by atoms with Crippen LogP contribution in [0.3, 0.4) is 0 Å². The van der Waals surface area contributed by atoms with E-state index in [4.69, 9.17) is 11.6 Å². The number of unbranched alkanes of at least 4 members (excludes halogenated alkanes) is 27. The second-order valence-electron chi connectivity index (χ2n) is 12.4. The van der Waals surface area contributed by atoms with Gasteiger partial charge in [-0.25, -0.2) is 0 Å². The fourth-order valence-corrected chi connectivity index (χ4v) is 6.02. The van der Waals surface area contributed by atoms with E-state index in [2.05, 4.69) is 13.8 Å². The van der Waals surface area contributed by atoms with Gasteiger partial charge in [0.25, 0.3) is 0 Å². The quantitative estimate of drug-likeness (QED) is 0.0448. The second-order valence-corrected chi connectivity index (χ2v) is 12.8. The summed E-state index contributed by atoms with van der Waals surface area (Å²) in [5.74, 6) is -0.477. The van der Waals surface area contributed by atoms with E-state index >= 15 is 0 Å². The highest BCUT2D eigenvalue weighted by atomic mass is 35.5. The van der Waals surface area contributed by atoms with Gasteiger partial charge in [0.1, 0.15) is 5.78 Å². The molecule has 0 fully saturated rings. The largest absolute Gasteiger partial charge is 0.299 e. The summed E-state index contributed by atoms with van der Waals surface area (Å²) in [6, 6.07) is 0. The van der Waals surface area contributed by atoms with E-state index in [0.29, 0.717) is 12.8 Å². The van der Waals surface area contributed by atoms with E-state index in [0.717, 1.165) is 25.7 Å². The Bertz CT molecular complexity index is 518. The Morgan fingerprint density at radius 2 is 0.667 bits per heavy atom. The van der Waals surface area contributed by atoms with Crippen molar-refractivity contribution >= 4 is 22.6 Å². The smallest absolute Gasteiger partial charge is 0.232 e. The molecule has 0 saturated carbocycles. The van der Waals surface area contributed by atoms with Crippen molar-refractivity contribution in [3.05, 3.63) is 0 Å². The highest BCUT2D eigenvalue weighted by Crippen LogP contribution is 2.20. The monoisotopic (exact) mass is 568 g/mol. The molecule has 0 aliphatic heterocycles. The zero-order valence-electron chi connectivity index (χ0n) is 26.7. The van der Waals surface area contributed by atoms with Crippen molar-refractivity contribution in [1.29, 1.82) is 0 Å². The van der Waals surface area contributed by atoms with Gasteiger partial charge in [-0.05, 0) is 24.4 Å². The normalized spacial score (nSPS) is 12.2. The third kappa shape index (κ3) is 28.9. The van der Waals surface area contributed by atoms with E-state index in [9.17, 15) is 9.59 Å². The molecule has 0 heterocycles. The van der Waals surface area contributed by atoms with Gasteiger partial charge < -0.3 is 0 Å². The molecule has 3 heteroatoms. The molecule has 0 aromatic heterocycles. The van der Waals surface area contributed by atoms with Crippen molar-refractivity contribution in [2.24, 2.45) is 5.92 Å². The molecule has 0 bridgehead atoms. The number of carbonyl (C=O) groups is 2. The summed E-state index contributed by atoms with van der Waals surface area (Å²) >= 11 is 5.81. The first-order chi connectivity index (χ1) is 19.1. The minimum absolute atomic E-state index is 0.0828. The molecule has 2 nitrogen and oxygen atoms in total. The molecule has 0 amide bonds. The van der Waals surface area contributed by atoms with E-state index in [1.54, 1.807) is 0 Å². The number of ketones is 1. The molecule has 0 radical (unpaired) electrons. The third-order valence-corrected chi connectivity index (χ3v) is 8.80. The van der Waals surface area contributed by atoms with Crippen molar-refractivity contribution in [3.8, 4) is 0 Å². The van der Waals surface area contributed by atoms with E-state index in [1.807, 2.05) is 0 Å². The molecular formula is C36H69ClO2. The van der Waals surface area contributed by atoms with E-state index < -0.39 is 11.2 Å². The number of carbonyl (C=O) groups excluding carboxylic acids is 2. The Hall–Kier alpha value is -0.370. The maximum Gasteiger partial charge on any atom is 0.232 e. The molecule has 0 aromatic rings. The van der Waals surface area contributed by atoms with Gasteiger partial charge in [-0.1, -0.05) is 194 Å². The summed E-state index contributed by atoms with van der Waals surface area (Å²) in [4.78, 5) is 24.4. The lowest BCUT2D eigenvalue weighted by molar-refractivity contribution is -0.129. The fraction of sp³-hybridized carbons (Fsp3) is 0.944. The van der Waals surface area contributed by atoms with Crippen LogP contribution in [-0.4, -0.2) is 11.0 Å². The Labute approximate surface area is 250 Å². The minimum atomic E-state index is -0.560. The van der Waals surface area contributed by atoms with Crippen LogP contribution in [0.5, 0.6) is 0 Å². The zero-order valence-corrected chi connectivity index (χ0v) is 27.4.